The van der Waals surface area contributed by atoms with E-state index in [0.29, 0.717) is 39.4 Å². The van der Waals surface area contributed by atoms with Crippen LogP contribution in [0.5, 0.6) is 23.0 Å². The molecule has 3 aromatic carbocycles. The predicted octanol–water partition coefficient (Wildman–Crippen LogP) is 4.66. The Morgan fingerprint density at radius 1 is 1.06 bits per heavy atom. The Morgan fingerprint density at radius 3 is 2.58 bits per heavy atom. The van der Waals surface area contributed by atoms with Gasteiger partial charge in [-0.05, 0) is 49.4 Å². The molecule has 0 fully saturated rings. The number of sulfonamides is 1. The van der Waals surface area contributed by atoms with E-state index in [9.17, 15) is 13.2 Å². The van der Waals surface area contributed by atoms with Gasteiger partial charge >= 0.3 is 0 Å². The van der Waals surface area contributed by atoms with Gasteiger partial charge in [0.2, 0.25) is 22.7 Å². The number of amides is 1. The summed E-state index contributed by atoms with van der Waals surface area (Å²) in [6.07, 6.45) is 0. The van der Waals surface area contributed by atoms with Crippen LogP contribution in [0.2, 0.25) is 5.02 Å². The van der Waals surface area contributed by atoms with E-state index in [4.69, 9.17) is 25.8 Å². The van der Waals surface area contributed by atoms with E-state index in [1.807, 2.05) is 18.2 Å². The normalized spacial score (nSPS) is 12.3. The maximum atomic E-state index is 12.9. The van der Waals surface area contributed by atoms with Gasteiger partial charge < -0.3 is 19.5 Å². The molecule has 1 aliphatic heterocycles. The zero-order valence-corrected chi connectivity index (χ0v) is 19.2. The maximum absolute atomic E-state index is 12.9. The summed E-state index contributed by atoms with van der Waals surface area (Å²) < 4.78 is 43.1. The van der Waals surface area contributed by atoms with Gasteiger partial charge in [0.15, 0.2) is 17.2 Å². The van der Waals surface area contributed by atoms with E-state index in [0.717, 1.165) is 4.31 Å². The molecule has 4 rings (SSSR count). The van der Waals surface area contributed by atoms with Crippen LogP contribution in [0.4, 0.5) is 11.4 Å². The molecule has 8 nitrogen and oxygen atoms in total. The van der Waals surface area contributed by atoms with E-state index in [2.05, 4.69) is 5.32 Å². The van der Waals surface area contributed by atoms with E-state index >= 15 is 0 Å². The minimum atomic E-state index is -3.77. The molecule has 1 amide bonds. The summed E-state index contributed by atoms with van der Waals surface area (Å²) in [5.41, 5.74) is 0.610. The molecule has 0 bridgehead atoms. The molecular formula is C23H21ClN2O6S. The molecule has 0 unspecified atom stereocenters. The van der Waals surface area contributed by atoms with Gasteiger partial charge in [0, 0.05) is 11.1 Å². The third-order valence-corrected chi connectivity index (χ3v) is 6.79. The van der Waals surface area contributed by atoms with Crippen molar-refractivity contribution in [3.05, 3.63) is 71.8 Å². The highest BCUT2D eigenvalue weighted by molar-refractivity contribution is 7.92. The second kappa shape index (κ2) is 9.60. The Kier molecular flexibility index (Phi) is 6.62. The highest BCUT2D eigenvalue weighted by atomic mass is 35.5. The van der Waals surface area contributed by atoms with Gasteiger partial charge in [0.05, 0.1) is 17.1 Å². The summed E-state index contributed by atoms with van der Waals surface area (Å²) in [6.45, 7) is 1.11. The standard InChI is InChI=1S/C23H21ClN2O6S/c1-2-33(28,29)26(17-9-11-21-22(13-17)31-15-30-21)14-23(27)25-19-12-16(24)8-10-20(19)32-18-6-4-3-5-7-18/h3-13H,2,14-15H2,1H3,(H,25,27). The van der Waals surface area contributed by atoms with Crippen molar-refractivity contribution in [2.45, 2.75) is 6.92 Å². The highest BCUT2D eigenvalue weighted by Crippen LogP contribution is 2.36. The SMILES string of the molecule is CCS(=O)(=O)N(CC(=O)Nc1cc(Cl)ccc1Oc1ccccc1)c1ccc2c(c1)OCO2. The van der Waals surface area contributed by atoms with Gasteiger partial charge in [0.1, 0.15) is 12.3 Å². The van der Waals surface area contributed by atoms with Crippen LogP contribution in [0.15, 0.2) is 66.7 Å². The molecule has 0 saturated carbocycles. The molecule has 172 valence electrons. The largest absolute Gasteiger partial charge is 0.455 e. The first-order valence-corrected chi connectivity index (χ1v) is 12.1. The lowest BCUT2D eigenvalue weighted by molar-refractivity contribution is -0.114. The summed E-state index contributed by atoms with van der Waals surface area (Å²) in [6, 6.07) is 18.6. The van der Waals surface area contributed by atoms with Crippen molar-refractivity contribution in [2.24, 2.45) is 0 Å². The molecule has 0 spiro atoms. The summed E-state index contributed by atoms with van der Waals surface area (Å²) in [4.78, 5) is 12.9. The quantitative estimate of drug-likeness (QED) is 0.495. The lowest BCUT2D eigenvalue weighted by Gasteiger charge is -2.24. The number of hydrogen-bond acceptors (Lipinski definition) is 6. The van der Waals surface area contributed by atoms with Crippen LogP contribution in [-0.4, -0.2) is 33.4 Å². The number of nitrogens with one attached hydrogen (secondary N) is 1. The molecule has 0 aromatic heterocycles. The molecule has 0 saturated heterocycles. The minimum absolute atomic E-state index is 0.0543. The fourth-order valence-corrected chi connectivity index (χ4v) is 4.40. The fourth-order valence-electron chi connectivity index (χ4n) is 3.17. The van der Waals surface area contributed by atoms with Crippen molar-refractivity contribution in [3.63, 3.8) is 0 Å². The van der Waals surface area contributed by atoms with E-state index < -0.39 is 22.5 Å². The maximum Gasteiger partial charge on any atom is 0.245 e. The van der Waals surface area contributed by atoms with Gasteiger partial charge in [-0.15, -0.1) is 0 Å². The van der Waals surface area contributed by atoms with E-state index in [-0.39, 0.29) is 12.5 Å². The van der Waals surface area contributed by atoms with Crippen molar-refractivity contribution in [1.29, 1.82) is 0 Å². The number of nitrogens with zero attached hydrogens (tertiary/aromatic N) is 1. The molecule has 3 aromatic rings. The molecule has 0 aliphatic carbocycles. The average Bonchev–Trinajstić information content (AvgIpc) is 3.28. The van der Waals surface area contributed by atoms with Crippen LogP contribution in [0, 0.1) is 0 Å². The second-order valence-electron chi connectivity index (χ2n) is 7.05. The van der Waals surface area contributed by atoms with Gasteiger partial charge in [-0.1, -0.05) is 29.8 Å². The zero-order valence-electron chi connectivity index (χ0n) is 17.7. The van der Waals surface area contributed by atoms with Crippen LogP contribution in [-0.2, 0) is 14.8 Å². The number of anilines is 2. The molecule has 0 radical (unpaired) electrons. The molecule has 1 aliphatic rings. The van der Waals surface area contributed by atoms with Crippen LogP contribution in [0.25, 0.3) is 0 Å². The van der Waals surface area contributed by atoms with Crippen molar-refractivity contribution in [3.8, 4) is 23.0 Å². The number of halogens is 1. The number of rotatable bonds is 8. The fraction of sp³-hybridized carbons (Fsp3) is 0.174. The van der Waals surface area contributed by atoms with Crippen molar-refractivity contribution >= 4 is 38.9 Å². The predicted molar refractivity (Wildman–Crippen MR) is 126 cm³/mol. The third kappa shape index (κ3) is 5.32. The third-order valence-electron chi connectivity index (χ3n) is 4.82. The number of fused-ring (bicyclic) bond motifs is 1. The lowest BCUT2D eigenvalue weighted by Crippen LogP contribution is -2.39. The minimum Gasteiger partial charge on any atom is -0.455 e. The number of carbonyl (C=O) groups excluding carboxylic acids is 1. The van der Waals surface area contributed by atoms with E-state index in [1.54, 1.807) is 36.4 Å². The van der Waals surface area contributed by atoms with Crippen molar-refractivity contribution in [2.75, 3.05) is 28.7 Å². The smallest absolute Gasteiger partial charge is 0.245 e. The Hall–Kier alpha value is -3.43. The van der Waals surface area contributed by atoms with Crippen LogP contribution in [0.3, 0.4) is 0 Å². The molecule has 10 heteroatoms. The van der Waals surface area contributed by atoms with E-state index in [1.165, 1.54) is 19.1 Å². The average molecular weight is 489 g/mol. The zero-order chi connectivity index (χ0) is 23.4. The summed E-state index contributed by atoms with van der Waals surface area (Å²) >= 11 is 6.12. The summed E-state index contributed by atoms with van der Waals surface area (Å²) in [7, 11) is -3.77. The summed E-state index contributed by atoms with van der Waals surface area (Å²) in [5, 5.41) is 3.10. The number of carbonyl (C=O) groups is 1. The van der Waals surface area contributed by atoms with Crippen LogP contribution >= 0.6 is 11.6 Å². The first-order chi connectivity index (χ1) is 15.9. The number of ether oxygens (including phenoxy) is 3. The molecule has 1 N–H and O–H groups in total. The Balaban J connectivity index is 1.58. The first-order valence-electron chi connectivity index (χ1n) is 10.1. The first kappa shape index (κ1) is 22.8. The Labute approximate surface area is 196 Å². The Bertz CT molecular complexity index is 1270. The second-order valence-corrected chi connectivity index (χ2v) is 9.67. The molecule has 0 atom stereocenters. The number of para-hydroxylation sites is 1. The molecular weight excluding hydrogens is 468 g/mol. The summed E-state index contributed by atoms with van der Waals surface area (Å²) in [5.74, 6) is 1.12. The topological polar surface area (TPSA) is 94.2 Å². The monoisotopic (exact) mass is 488 g/mol. The Morgan fingerprint density at radius 2 is 1.82 bits per heavy atom. The molecule has 33 heavy (non-hydrogen) atoms. The number of hydrogen-bond donors (Lipinski definition) is 1. The highest BCUT2D eigenvalue weighted by Gasteiger charge is 2.26. The lowest BCUT2D eigenvalue weighted by atomic mass is 10.2. The van der Waals surface area contributed by atoms with Crippen molar-refractivity contribution < 1.29 is 27.4 Å². The van der Waals surface area contributed by atoms with Gasteiger partial charge in [-0.2, -0.15) is 0 Å². The molecule has 1 heterocycles. The van der Waals surface area contributed by atoms with Crippen LogP contribution in [0.1, 0.15) is 6.92 Å². The van der Waals surface area contributed by atoms with Gasteiger partial charge in [-0.25, -0.2) is 8.42 Å². The van der Waals surface area contributed by atoms with Gasteiger partial charge in [-0.3, -0.25) is 9.10 Å². The van der Waals surface area contributed by atoms with Crippen LogP contribution < -0.4 is 23.8 Å². The van der Waals surface area contributed by atoms with Crippen molar-refractivity contribution in [1.82, 2.24) is 0 Å². The van der Waals surface area contributed by atoms with Gasteiger partial charge in [0.25, 0.3) is 0 Å². The number of benzene rings is 3.